The molecule has 2 aromatic heterocycles. The molecule has 5 atom stereocenters. The lowest BCUT2D eigenvalue weighted by Crippen LogP contribution is -2.41. The largest absolute Gasteiger partial charge is 0.488 e. The Morgan fingerprint density at radius 3 is 2.87 bits per heavy atom. The lowest BCUT2D eigenvalue weighted by molar-refractivity contribution is -0.0648. The fourth-order valence-corrected chi connectivity index (χ4v) is 5.69. The van der Waals surface area contributed by atoms with Crippen molar-refractivity contribution in [1.82, 2.24) is 19.5 Å². The maximum Gasteiger partial charge on any atom is 0.488 e. The van der Waals surface area contributed by atoms with Crippen LogP contribution in [0.25, 0.3) is 11.2 Å². The smallest absolute Gasteiger partial charge is 0.382 e. The van der Waals surface area contributed by atoms with Gasteiger partial charge in [-0.05, 0) is 24.3 Å². The van der Waals surface area contributed by atoms with Crippen molar-refractivity contribution >= 4 is 55.7 Å². The molecule has 2 aliphatic heterocycles. The Morgan fingerprint density at radius 2 is 2.13 bits per heavy atom. The van der Waals surface area contributed by atoms with E-state index in [-0.39, 0.29) is 12.4 Å². The summed E-state index contributed by atoms with van der Waals surface area (Å²) in [6, 6.07) is 7.34. The van der Waals surface area contributed by atoms with Gasteiger partial charge in [-0.25, -0.2) is 19.8 Å². The fraction of sp³-hybridized carbons (Fsp3) is 0.353. The number of nitrogens with two attached hydrogens (primary N) is 1. The third kappa shape index (κ3) is 3.92. The van der Waals surface area contributed by atoms with Crippen molar-refractivity contribution in [2.75, 3.05) is 19.5 Å². The normalized spacial score (nSPS) is 30.5. The number of fused-ring (bicyclic) bond motifs is 2. The Labute approximate surface area is 188 Å². The molecule has 31 heavy (non-hydrogen) atoms. The Morgan fingerprint density at radius 1 is 1.35 bits per heavy atom. The van der Waals surface area contributed by atoms with E-state index in [0.717, 1.165) is 4.90 Å². The molecule has 0 bridgehead atoms. The van der Waals surface area contributed by atoms with Gasteiger partial charge in [-0.1, -0.05) is 23.4 Å². The predicted octanol–water partition coefficient (Wildman–Crippen LogP) is 2.38. The second-order valence-corrected chi connectivity index (χ2v) is 10.0. The number of nitrogen functional groups attached to an aromatic ring is 1. The summed E-state index contributed by atoms with van der Waals surface area (Å²) in [5.74, 6) is 0.243. The van der Waals surface area contributed by atoms with E-state index in [2.05, 4.69) is 15.0 Å². The number of imidazole rings is 1. The monoisotopic (exact) mass is 480 g/mol. The number of benzene rings is 1. The van der Waals surface area contributed by atoms with Crippen molar-refractivity contribution in [2.24, 2.45) is 0 Å². The van der Waals surface area contributed by atoms with Gasteiger partial charge >= 0.3 is 15.4 Å². The van der Waals surface area contributed by atoms with Crippen LogP contribution in [-0.4, -0.2) is 64.0 Å². The molecule has 2 aliphatic rings. The van der Waals surface area contributed by atoms with Crippen LogP contribution in [0.2, 0.25) is 5.02 Å². The summed E-state index contributed by atoms with van der Waals surface area (Å²) in [4.78, 5) is 24.1. The van der Waals surface area contributed by atoms with Gasteiger partial charge in [0.05, 0.1) is 0 Å². The molecule has 0 saturated carbocycles. The minimum Gasteiger partial charge on any atom is -0.382 e. The van der Waals surface area contributed by atoms with Gasteiger partial charge in [0.1, 0.15) is 25.1 Å². The highest BCUT2D eigenvalue weighted by Gasteiger charge is 2.58. The first-order valence-corrected chi connectivity index (χ1v) is 12.0. The Bertz CT molecular complexity index is 1120. The van der Waals surface area contributed by atoms with Crippen LogP contribution in [0.1, 0.15) is 6.23 Å². The Hall–Kier alpha value is -1.50. The molecule has 10 nitrogen and oxygen atoms in total. The predicted molar refractivity (Wildman–Crippen MR) is 116 cm³/mol. The van der Waals surface area contributed by atoms with E-state index in [1.807, 2.05) is 12.1 Å². The molecule has 3 N–H and O–H groups in total. The number of ether oxygens (including phenoxy) is 2. The van der Waals surface area contributed by atoms with Crippen LogP contribution >= 0.6 is 31.2 Å². The summed E-state index contributed by atoms with van der Waals surface area (Å²) >= 11 is 7.40. The molecule has 3 aromatic rings. The topological polar surface area (TPSA) is 127 Å². The standard InChI is InChI=1S/C17H17BClN5O5PS/c1-26-13-12-10(6-27-30(18,25)29-12)28-16(13)24-15-11(14(20)21-7-22-15)23-17(24)31-9-4-2-8(19)3-5-9/h2-5,7,10,12-13,16,25H,6H2,1H3,(H2,20,21,22)/q+1/t10-,12-,13?,16-,30?/m1/s1. The minimum atomic E-state index is -3.44. The molecule has 0 aliphatic carbocycles. The molecular formula is C17H17BClN5O5PS+. The second kappa shape index (κ2) is 8.13. The van der Waals surface area contributed by atoms with Crippen LogP contribution in [0.4, 0.5) is 5.82 Å². The highest BCUT2D eigenvalue weighted by molar-refractivity contribution is 7.99. The van der Waals surface area contributed by atoms with Gasteiger partial charge in [0.2, 0.25) is 0 Å². The molecule has 5 rings (SSSR count). The molecule has 2 fully saturated rings. The van der Waals surface area contributed by atoms with Crippen molar-refractivity contribution in [2.45, 2.75) is 34.6 Å². The molecule has 160 valence electrons. The van der Waals surface area contributed by atoms with Gasteiger partial charge in [-0.3, -0.25) is 4.57 Å². The molecule has 0 spiro atoms. The molecule has 4 heterocycles. The quantitative estimate of drug-likeness (QED) is 0.424. The summed E-state index contributed by atoms with van der Waals surface area (Å²) in [5.41, 5.74) is 6.97. The van der Waals surface area contributed by atoms with Crippen LogP contribution in [0.15, 0.2) is 40.6 Å². The summed E-state index contributed by atoms with van der Waals surface area (Å²) in [7, 11) is 3.81. The average molecular weight is 481 g/mol. The maximum atomic E-state index is 10.1. The van der Waals surface area contributed by atoms with E-state index in [4.69, 9.17) is 43.4 Å². The first-order chi connectivity index (χ1) is 14.9. The number of anilines is 1. The zero-order valence-electron chi connectivity index (χ0n) is 16.2. The van der Waals surface area contributed by atoms with Gasteiger partial charge in [0, 0.05) is 17.0 Å². The van der Waals surface area contributed by atoms with Gasteiger partial charge in [-0.2, -0.15) is 9.05 Å². The van der Waals surface area contributed by atoms with E-state index in [1.165, 1.54) is 25.2 Å². The molecule has 2 radical (unpaired) electrons. The third-order valence-corrected chi connectivity index (χ3v) is 7.30. The lowest BCUT2D eigenvalue weighted by Gasteiger charge is -2.29. The van der Waals surface area contributed by atoms with Crippen molar-refractivity contribution in [3.63, 3.8) is 0 Å². The van der Waals surface area contributed by atoms with Gasteiger partial charge in [-0.15, -0.1) is 0 Å². The van der Waals surface area contributed by atoms with E-state index in [9.17, 15) is 4.89 Å². The molecule has 2 unspecified atom stereocenters. The number of hydrogen-bond acceptors (Lipinski definition) is 10. The van der Waals surface area contributed by atoms with Crippen molar-refractivity contribution < 1.29 is 23.4 Å². The summed E-state index contributed by atoms with van der Waals surface area (Å²) < 4.78 is 24.5. The number of aromatic nitrogens is 4. The van der Waals surface area contributed by atoms with Crippen LogP contribution < -0.4 is 5.73 Å². The van der Waals surface area contributed by atoms with Crippen LogP contribution in [0.3, 0.4) is 0 Å². The Balaban J connectivity index is 1.59. The average Bonchev–Trinajstić information content (AvgIpc) is 3.26. The summed E-state index contributed by atoms with van der Waals surface area (Å²) in [5, 5.41) is 1.19. The molecule has 14 heteroatoms. The minimum absolute atomic E-state index is 0.0746. The number of halogens is 1. The highest BCUT2D eigenvalue weighted by Crippen LogP contribution is 2.59. The fourth-order valence-electron chi connectivity index (χ4n) is 3.63. The van der Waals surface area contributed by atoms with Crippen LogP contribution in [-0.2, 0) is 18.5 Å². The first-order valence-electron chi connectivity index (χ1n) is 9.19. The highest BCUT2D eigenvalue weighted by atomic mass is 35.5. The van der Waals surface area contributed by atoms with E-state index >= 15 is 0 Å². The molecule has 1 aromatic carbocycles. The first kappa shape index (κ1) is 21.4. The van der Waals surface area contributed by atoms with E-state index in [0.29, 0.717) is 21.3 Å². The molecule has 2 saturated heterocycles. The maximum absolute atomic E-state index is 10.1. The lowest BCUT2D eigenvalue weighted by atomic mass is 10.1. The van der Waals surface area contributed by atoms with Crippen molar-refractivity contribution in [1.29, 1.82) is 0 Å². The van der Waals surface area contributed by atoms with Gasteiger partial charge in [0.15, 0.2) is 34.5 Å². The second-order valence-electron chi connectivity index (χ2n) is 6.95. The van der Waals surface area contributed by atoms with E-state index in [1.54, 1.807) is 16.7 Å². The van der Waals surface area contributed by atoms with Gasteiger partial charge in [0.25, 0.3) is 0 Å². The Kier molecular flexibility index (Phi) is 5.60. The third-order valence-electron chi connectivity index (χ3n) is 5.00. The number of methoxy groups -OCH3 is 1. The number of nitrogens with zero attached hydrogens (tertiary/aromatic N) is 4. The van der Waals surface area contributed by atoms with Crippen molar-refractivity contribution in [3.05, 3.63) is 35.6 Å². The zero-order chi connectivity index (χ0) is 21.8. The summed E-state index contributed by atoms with van der Waals surface area (Å²) in [6.07, 6.45) is -1.06. The SMILES string of the molecule is [B][P+]1(O)OC[C@H]2O[C@@H](n3c(Sc4ccc(Cl)cc4)nc4c(N)ncnc43)C(OC)[C@@H]2O1. The van der Waals surface area contributed by atoms with Gasteiger partial charge < -0.3 is 15.2 Å². The zero-order valence-corrected chi connectivity index (χ0v) is 18.6. The van der Waals surface area contributed by atoms with Crippen LogP contribution in [0.5, 0.6) is 0 Å². The number of hydrogen-bond donors (Lipinski definition) is 2. The summed E-state index contributed by atoms with van der Waals surface area (Å²) in [6.45, 7) is 0.0746. The molecule has 0 amide bonds. The van der Waals surface area contributed by atoms with Crippen molar-refractivity contribution in [3.8, 4) is 0 Å². The van der Waals surface area contributed by atoms with E-state index < -0.39 is 32.4 Å². The van der Waals surface area contributed by atoms with Crippen LogP contribution in [0, 0.1) is 0 Å². The molecular weight excluding hydrogens is 464 g/mol. The number of rotatable bonds is 4.